The van der Waals surface area contributed by atoms with E-state index in [1.54, 1.807) is 4.68 Å². The van der Waals surface area contributed by atoms with E-state index in [0.29, 0.717) is 71.9 Å². The number of ether oxygens (including phenoxy) is 3. The summed E-state index contributed by atoms with van der Waals surface area (Å²) in [5.41, 5.74) is 0.807. The lowest BCUT2D eigenvalue weighted by atomic mass is 10.4. The predicted molar refractivity (Wildman–Crippen MR) is 117 cm³/mol. The zero-order valence-electron chi connectivity index (χ0n) is 17.9. The van der Waals surface area contributed by atoms with Gasteiger partial charge >= 0.3 is 0 Å². The van der Waals surface area contributed by atoms with Crippen molar-refractivity contribution in [2.75, 3.05) is 70.8 Å². The zero-order valence-corrected chi connectivity index (χ0v) is 20.3. The summed E-state index contributed by atoms with van der Waals surface area (Å²) in [7, 11) is -2.88. The van der Waals surface area contributed by atoms with Crippen LogP contribution >= 0.6 is 15.9 Å². The Morgan fingerprint density at radius 2 is 1.63 bits per heavy atom. The molecule has 0 amide bonds. The molecule has 0 spiro atoms. The molecule has 0 radical (unpaired) electrons. The molecule has 10 nitrogen and oxygen atoms in total. The number of hydrogen-bond acceptors (Lipinski definition) is 9. The maximum atomic E-state index is 11.5. The Morgan fingerprint density at radius 1 is 1.03 bits per heavy atom. The lowest BCUT2D eigenvalue weighted by Gasteiger charge is -2.25. The molecule has 0 bridgehead atoms. The van der Waals surface area contributed by atoms with Crippen molar-refractivity contribution < 1.29 is 22.6 Å². The van der Waals surface area contributed by atoms with Gasteiger partial charge in [-0.25, -0.2) is 13.1 Å². The van der Waals surface area contributed by atoms with Gasteiger partial charge in [-0.1, -0.05) is 19.1 Å². The number of nitrogens with zero attached hydrogens (tertiary/aromatic N) is 4. The van der Waals surface area contributed by atoms with Gasteiger partial charge in [-0.15, -0.1) is 5.10 Å². The minimum Gasteiger partial charge on any atom is -0.378 e. The molecule has 2 rings (SSSR count). The number of nitrogens with one attached hydrogen (secondary N) is 1. The third kappa shape index (κ3) is 10.1. The zero-order chi connectivity index (χ0) is 21.8. The van der Waals surface area contributed by atoms with Gasteiger partial charge in [0.15, 0.2) is 9.84 Å². The van der Waals surface area contributed by atoms with E-state index in [1.165, 1.54) is 0 Å². The largest absolute Gasteiger partial charge is 0.378 e. The van der Waals surface area contributed by atoms with Crippen LogP contribution in [0.15, 0.2) is 4.60 Å². The molecule has 1 aromatic rings. The van der Waals surface area contributed by atoms with Crippen molar-refractivity contribution in [1.82, 2.24) is 25.2 Å². The number of rotatable bonds is 15. The molecule has 174 valence electrons. The highest BCUT2D eigenvalue weighted by atomic mass is 79.9. The Balaban J connectivity index is 1.50. The van der Waals surface area contributed by atoms with E-state index in [4.69, 9.17) is 14.2 Å². The fourth-order valence-electron chi connectivity index (χ4n) is 2.81. The van der Waals surface area contributed by atoms with E-state index in [9.17, 15) is 8.42 Å². The van der Waals surface area contributed by atoms with Gasteiger partial charge in [-0.2, -0.15) is 0 Å². The van der Waals surface area contributed by atoms with Crippen molar-refractivity contribution >= 4 is 25.8 Å². The van der Waals surface area contributed by atoms with Crippen LogP contribution in [0, 0.1) is 0 Å². The highest BCUT2D eigenvalue weighted by molar-refractivity contribution is 9.10. The third-order valence-electron chi connectivity index (χ3n) is 4.54. The van der Waals surface area contributed by atoms with Crippen molar-refractivity contribution in [3.8, 4) is 0 Å². The third-order valence-corrected chi connectivity index (χ3v) is 7.02. The molecule has 12 heteroatoms. The first kappa shape index (κ1) is 25.6. The number of aromatic nitrogens is 3. The fourth-order valence-corrected chi connectivity index (χ4v) is 4.54. The van der Waals surface area contributed by atoms with Crippen molar-refractivity contribution in [3.63, 3.8) is 0 Å². The van der Waals surface area contributed by atoms with E-state index >= 15 is 0 Å². The first-order valence-electron chi connectivity index (χ1n) is 10.3. The predicted octanol–water partition coefficient (Wildman–Crippen LogP) is 0.319. The first-order chi connectivity index (χ1) is 14.4. The van der Waals surface area contributed by atoms with Crippen LogP contribution in [0.1, 0.15) is 19.5 Å². The van der Waals surface area contributed by atoms with E-state index in [-0.39, 0.29) is 11.5 Å². The van der Waals surface area contributed by atoms with Crippen LogP contribution in [0.5, 0.6) is 0 Å². The average Bonchev–Trinajstić information content (AvgIpc) is 3.03. The van der Waals surface area contributed by atoms with Gasteiger partial charge in [0.25, 0.3) is 0 Å². The maximum absolute atomic E-state index is 11.5. The summed E-state index contributed by atoms with van der Waals surface area (Å²) in [5.74, 6) is 0.409. The monoisotopic (exact) mass is 511 g/mol. The highest BCUT2D eigenvalue weighted by Crippen LogP contribution is 2.17. The average molecular weight is 512 g/mol. The Hall–Kier alpha value is -0.630. The lowest BCUT2D eigenvalue weighted by Crippen LogP contribution is -2.39. The SMILES string of the molecule is CC(C)NCCOCCOCCOCCn1nnc(CN2CCS(=O)(=O)CC2)c1Br. The van der Waals surface area contributed by atoms with Gasteiger partial charge in [0.2, 0.25) is 0 Å². The van der Waals surface area contributed by atoms with Gasteiger partial charge in [-0.05, 0) is 15.9 Å². The second-order valence-corrected chi connectivity index (χ2v) is 10.5. The van der Waals surface area contributed by atoms with Gasteiger partial charge in [0.1, 0.15) is 10.3 Å². The van der Waals surface area contributed by atoms with Crippen LogP contribution in [-0.4, -0.2) is 105 Å². The molecule has 1 aliphatic heterocycles. The summed E-state index contributed by atoms with van der Waals surface area (Å²) in [6.45, 7) is 10.6. The molecule has 0 saturated carbocycles. The molecular formula is C18H34BrN5O5S. The maximum Gasteiger partial charge on any atom is 0.152 e. The number of hydrogen-bond donors (Lipinski definition) is 1. The quantitative estimate of drug-likeness (QED) is 0.333. The van der Waals surface area contributed by atoms with E-state index in [2.05, 4.69) is 50.3 Å². The lowest BCUT2D eigenvalue weighted by molar-refractivity contribution is 0.0130. The van der Waals surface area contributed by atoms with Gasteiger partial charge < -0.3 is 19.5 Å². The normalized spacial score (nSPS) is 17.1. The summed E-state index contributed by atoms with van der Waals surface area (Å²) in [6, 6.07) is 0.475. The van der Waals surface area contributed by atoms with Crippen LogP contribution in [0.4, 0.5) is 0 Å². The van der Waals surface area contributed by atoms with Gasteiger partial charge in [-0.3, -0.25) is 4.90 Å². The minimum absolute atomic E-state index is 0.204. The molecule has 1 aromatic heterocycles. The van der Waals surface area contributed by atoms with Crippen LogP contribution < -0.4 is 5.32 Å². The highest BCUT2D eigenvalue weighted by Gasteiger charge is 2.23. The summed E-state index contributed by atoms with van der Waals surface area (Å²) >= 11 is 3.53. The Kier molecular flexibility index (Phi) is 11.7. The van der Waals surface area contributed by atoms with Crippen LogP contribution in [0.2, 0.25) is 0 Å². The molecule has 2 heterocycles. The van der Waals surface area contributed by atoms with E-state index in [1.807, 2.05) is 0 Å². The smallest absolute Gasteiger partial charge is 0.152 e. The second kappa shape index (κ2) is 13.7. The molecule has 1 aliphatic rings. The summed E-state index contributed by atoms with van der Waals surface area (Å²) in [6.07, 6.45) is 0. The molecule has 0 unspecified atom stereocenters. The van der Waals surface area contributed by atoms with Gasteiger partial charge in [0.05, 0.1) is 57.7 Å². The van der Waals surface area contributed by atoms with Crippen LogP contribution in [-0.2, 0) is 37.1 Å². The molecule has 1 saturated heterocycles. The summed E-state index contributed by atoms with van der Waals surface area (Å²) in [5, 5.41) is 11.6. The molecule has 0 aromatic carbocycles. The molecule has 1 N–H and O–H groups in total. The van der Waals surface area contributed by atoms with Crippen molar-refractivity contribution in [1.29, 1.82) is 0 Å². The molecule has 30 heavy (non-hydrogen) atoms. The van der Waals surface area contributed by atoms with Crippen molar-refractivity contribution in [3.05, 3.63) is 10.3 Å². The van der Waals surface area contributed by atoms with Crippen molar-refractivity contribution in [2.24, 2.45) is 0 Å². The number of sulfone groups is 1. The topological polar surface area (TPSA) is 108 Å². The van der Waals surface area contributed by atoms with Crippen LogP contribution in [0.25, 0.3) is 0 Å². The molecule has 0 aliphatic carbocycles. The van der Waals surface area contributed by atoms with Crippen molar-refractivity contribution in [2.45, 2.75) is 33.0 Å². The molecule has 1 fully saturated rings. The number of halogens is 1. The Morgan fingerprint density at radius 3 is 2.27 bits per heavy atom. The van der Waals surface area contributed by atoms with Gasteiger partial charge in [0, 0.05) is 32.2 Å². The minimum atomic E-state index is -2.88. The standard InChI is InChI=1S/C18H34BrN5O5S/c1-16(2)20-3-7-27-9-11-29-12-10-28-8-4-24-18(19)17(21-22-24)15-23-5-13-30(25,26)14-6-23/h16,20H,3-15H2,1-2H3. The molecular weight excluding hydrogens is 478 g/mol. The summed E-state index contributed by atoms with van der Waals surface area (Å²) < 4.78 is 42.1. The Bertz CT molecular complexity index is 702. The fraction of sp³-hybridized carbons (Fsp3) is 0.889. The first-order valence-corrected chi connectivity index (χ1v) is 13.0. The van der Waals surface area contributed by atoms with E-state index < -0.39 is 9.84 Å². The molecule has 0 atom stereocenters. The summed E-state index contributed by atoms with van der Waals surface area (Å²) in [4.78, 5) is 2.08. The van der Waals surface area contributed by atoms with E-state index in [0.717, 1.165) is 16.8 Å². The second-order valence-electron chi connectivity index (χ2n) is 7.42. The Labute approximate surface area is 187 Å². The van der Waals surface area contributed by atoms with Crippen LogP contribution in [0.3, 0.4) is 0 Å².